The van der Waals surface area contributed by atoms with E-state index in [0.29, 0.717) is 6.54 Å². The van der Waals surface area contributed by atoms with Crippen molar-refractivity contribution in [3.8, 4) is 0 Å². The fourth-order valence-electron chi connectivity index (χ4n) is 2.96. The zero-order valence-electron chi connectivity index (χ0n) is 14.3. The summed E-state index contributed by atoms with van der Waals surface area (Å²) in [7, 11) is 0. The Morgan fingerprint density at radius 3 is 2.70 bits per heavy atom. The summed E-state index contributed by atoms with van der Waals surface area (Å²) < 4.78 is 1.08. The Labute approximate surface area is 159 Å². The van der Waals surface area contributed by atoms with Crippen molar-refractivity contribution in [2.24, 2.45) is 0 Å². The van der Waals surface area contributed by atoms with Gasteiger partial charge in [-0.1, -0.05) is 24.3 Å². The molecule has 3 aromatic heterocycles. The SMILES string of the molecule is c1ccc2[nH]c(Nc3ccc(CNc4ncnc5ccsc45)cc3)nc2c1. The molecule has 3 N–H and O–H groups in total. The van der Waals surface area contributed by atoms with Crippen LogP contribution < -0.4 is 10.6 Å². The van der Waals surface area contributed by atoms with Gasteiger partial charge in [-0.05, 0) is 41.3 Å². The van der Waals surface area contributed by atoms with Crippen LogP contribution in [0, 0.1) is 0 Å². The molecular formula is C20H16N6S. The monoisotopic (exact) mass is 372 g/mol. The van der Waals surface area contributed by atoms with E-state index in [-0.39, 0.29) is 0 Å². The maximum Gasteiger partial charge on any atom is 0.205 e. The highest BCUT2D eigenvalue weighted by atomic mass is 32.1. The molecule has 0 aliphatic heterocycles. The minimum atomic E-state index is 0.703. The number of benzene rings is 2. The van der Waals surface area contributed by atoms with Crippen molar-refractivity contribution in [1.82, 2.24) is 19.9 Å². The first kappa shape index (κ1) is 15.8. The number of nitrogens with one attached hydrogen (secondary N) is 3. The molecule has 0 spiro atoms. The molecule has 5 aromatic rings. The van der Waals surface area contributed by atoms with Gasteiger partial charge in [0.15, 0.2) is 0 Å². The van der Waals surface area contributed by atoms with Crippen molar-refractivity contribution in [3.63, 3.8) is 0 Å². The molecule has 3 heterocycles. The minimum absolute atomic E-state index is 0.703. The van der Waals surface area contributed by atoms with Crippen molar-refractivity contribution in [3.05, 3.63) is 71.9 Å². The Bertz CT molecular complexity index is 1180. The van der Waals surface area contributed by atoms with Crippen LogP contribution in [-0.4, -0.2) is 19.9 Å². The first-order valence-corrected chi connectivity index (χ1v) is 9.46. The lowest BCUT2D eigenvalue weighted by molar-refractivity contribution is 1.11. The third-order valence-corrected chi connectivity index (χ3v) is 5.22. The molecule has 0 atom stereocenters. The van der Waals surface area contributed by atoms with Gasteiger partial charge in [0.05, 0.1) is 21.3 Å². The molecule has 5 rings (SSSR count). The summed E-state index contributed by atoms with van der Waals surface area (Å²) in [6.45, 7) is 0.703. The molecule has 6 nitrogen and oxygen atoms in total. The average molecular weight is 372 g/mol. The van der Waals surface area contributed by atoms with E-state index in [1.807, 2.05) is 47.8 Å². The molecule has 0 aliphatic rings. The molecule has 0 saturated carbocycles. The van der Waals surface area contributed by atoms with Gasteiger partial charge in [-0.25, -0.2) is 15.0 Å². The summed E-state index contributed by atoms with van der Waals surface area (Å²) in [5.74, 6) is 1.61. The molecule has 0 bridgehead atoms. The maximum atomic E-state index is 4.54. The number of para-hydroxylation sites is 2. The smallest absolute Gasteiger partial charge is 0.205 e. The lowest BCUT2D eigenvalue weighted by Crippen LogP contribution is -2.02. The van der Waals surface area contributed by atoms with E-state index in [1.54, 1.807) is 17.7 Å². The second-order valence-electron chi connectivity index (χ2n) is 6.14. The lowest BCUT2D eigenvalue weighted by Gasteiger charge is -2.08. The van der Waals surface area contributed by atoms with E-state index in [0.717, 1.165) is 38.7 Å². The molecule has 0 radical (unpaired) electrons. The van der Waals surface area contributed by atoms with Crippen LogP contribution in [0.2, 0.25) is 0 Å². The molecule has 0 saturated heterocycles. The first-order chi connectivity index (χ1) is 13.3. The predicted octanol–water partition coefficient (Wildman–Crippen LogP) is 4.92. The highest BCUT2D eigenvalue weighted by molar-refractivity contribution is 7.17. The van der Waals surface area contributed by atoms with Gasteiger partial charge >= 0.3 is 0 Å². The Morgan fingerprint density at radius 1 is 0.926 bits per heavy atom. The van der Waals surface area contributed by atoms with E-state index >= 15 is 0 Å². The van der Waals surface area contributed by atoms with Crippen LogP contribution in [0.4, 0.5) is 17.5 Å². The number of hydrogen-bond donors (Lipinski definition) is 3. The Kier molecular flexibility index (Phi) is 3.91. The first-order valence-electron chi connectivity index (χ1n) is 8.58. The summed E-state index contributed by atoms with van der Waals surface area (Å²) in [5.41, 5.74) is 5.10. The van der Waals surface area contributed by atoms with E-state index in [2.05, 4.69) is 42.7 Å². The van der Waals surface area contributed by atoms with E-state index in [9.17, 15) is 0 Å². The number of aromatic nitrogens is 4. The van der Waals surface area contributed by atoms with Crippen LogP contribution in [0.3, 0.4) is 0 Å². The predicted molar refractivity (Wildman–Crippen MR) is 111 cm³/mol. The fraction of sp³-hybridized carbons (Fsp3) is 0.0500. The molecule has 0 fully saturated rings. The normalized spacial score (nSPS) is 11.1. The summed E-state index contributed by atoms with van der Waals surface area (Å²) in [4.78, 5) is 16.4. The Balaban J connectivity index is 1.28. The van der Waals surface area contributed by atoms with Gasteiger partial charge in [0, 0.05) is 12.2 Å². The summed E-state index contributed by atoms with van der Waals surface area (Å²) in [5, 5.41) is 8.74. The van der Waals surface area contributed by atoms with E-state index in [4.69, 9.17) is 0 Å². The molecule has 2 aromatic carbocycles. The third kappa shape index (κ3) is 3.20. The van der Waals surface area contributed by atoms with Crippen LogP contribution in [0.25, 0.3) is 21.3 Å². The number of hydrogen-bond acceptors (Lipinski definition) is 6. The largest absolute Gasteiger partial charge is 0.365 e. The van der Waals surface area contributed by atoms with Crippen molar-refractivity contribution in [2.75, 3.05) is 10.6 Å². The number of fused-ring (bicyclic) bond motifs is 2. The van der Waals surface area contributed by atoms with Gasteiger partial charge in [0.2, 0.25) is 5.95 Å². The van der Waals surface area contributed by atoms with Gasteiger partial charge in [-0.15, -0.1) is 11.3 Å². The second-order valence-corrected chi connectivity index (χ2v) is 7.05. The number of rotatable bonds is 5. The minimum Gasteiger partial charge on any atom is -0.365 e. The van der Waals surface area contributed by atoms with Gasteiger partial charge in [0.1, 0.15) is 12.1 Å². The summed E-state index contributed by atoms with van der Waals surface area (Å²) in [6, 6.07) is 18.3. The van der Waals surface area contributed by atoms with Crippen LogP contribution in [-0.2, 0) is 6.54 Å². The van der Waals surface area contributed by atoms with Crippen LogP contribution in [0.5, 0.6) is 0 Å². The molecular weight excluding hydrogens is 356 g/mol. The zero-order chi connectivity index (χ0) is 18.1. The molecule has 27 heavy (non-hydrogen) atoms. The molecule has 0 aliphatic carbocycles. The summed E-state index contributed by atoms with van der Waals surface area (Å²) >= 11 is 1.65. The van der Waals surface area contributed by atoms with Crippen LogP contribution in [0.15, 0.2) is 66.3 Å². The quantitative estimate of drug-likeness (QED) is 0.408. The van der Waals surface area contributed by atoms with Crippen LogP contribution in [0.1, 0.15) is 5.56 Å². The lowest BCUT2D eigenvalue weighted by atomic mass is 10.2. The number of H-pyrrole nitrogens is 1. The van der Waals surface area contributed by atoms with Crippen molar-refractivity contribution < 1.29 is 0 Å². The Hall–Kier alpha value is -3.45. The highest BCUT2D eigenvalue weighted by Gasteiger charge is 2.05. The van der Waals surface area contributed by atoms with E-state index < -0.39 is 0 Å². The number of thiophene rings is 1. The molecule has 0 unspecified atom stereocenters. The fourth-order valence-corrected chi connectivity index (χ4v) is 3.77. The Morgan fingerprint density at radius 2 is 1.81 bits per heavy atom. The average Bonchev–Trinajstić information content (AvgIpc) is 3.34. The molecule has 7 heteroatoms. The van der Waals surface area contributed by atoms with Gasteiger partial charge < -0.3 is 15.6 Å². The topological polar surface area (TPSA) is 78.5 Å². The standard InChI is InChI=1S/C20H16N6S/c1-2-4-16-15(3-1)25-20(26-16)24-14-7-5-13(6-8-14)11-21-19-18-17(9-10-27-18)22-12-23-19/h1-10,12H,11H2,(H,21,22,23)(H2,24,25,26). The van der Waals surface area contributed by atoms with Crippen molar-refractivity contribution in [2.45, 2.75) is 6.54 Å². The third-order valence-electron chi connectivity index (χ3n) is 4.31. The molecule has 0 amide bonds. The number of aromatic amines is 1. The summed E-state index contributed by atoms with van der Waals surface area (Å²) in [6.07, 6.45) is 1.59. The van der Waals surface area contributed by atoms with Crippen LogP contribution >= 0.6 is 11.3 Å². The van der Waals surface area contributed by atoms with Crippen molar-refractivity contribution >= 4 is 50.0 Å². The van der Waals surface area contributed by atoms with Crippen molar-refractivity contribution in [1.29, 1.82) is 0 Å². The number of anilines is 3. The maximum absolute atomic E-state index is 4.54. The zero-order valence-corrected chi connectivity index (χ0v) is 15.1. The second kappa shape index (κ2) is 6.69. The number of nitrogens with zero attached hydrogens (tertiary/aromatic N) is 3. The number of imidazole rings is 1. The van der Waals surface area contributed by atoms with E-state index in [1.165, 1.54) is 5.56 Å². The highest BCUT2D eigenvalue weighted by Crippen LogP contribution is 2.25. The van der Waals surface area contributed by atoms with Gasteiger partial charge in [-0.3, -0.25) is 0 Å². The molecule has 132 valence electrons. The van der Waals surface area contributed by atoms with Gasteiger partial charge in [0.25, 0.3) is 0 Å². The van der Waals surface area contributed by atoms with Gasteiger partial charge in [-0.2, -0.15) is 0 Å².